The average molecular weight is 348 g/mol. The lowest BCUT2D eigenvalue weighted by Crippen LogP contribution is -2.40. The summed E-state index contributed by atoms with van der Waals surface area (Å²) >= 11 is 0. The fraction of sp³-hybridized carbons (Fsp3) is 0.650. The molecule has 2 aliphatic rings. The van der Waals surface area contributed by atoms with Crippen molar-refractivity contribution in [1.29, 1.82) is 0 Å². The van der Waals surface area contributed by atoms with Gasteiger partial charge in [0.15, 0.2) is 11.2 Å². The highest BCUT2D eigenvalue weighted by atomic mass is 16.5. The van der Waals surface area contributed by atoms with Crippen LogP contribution < -0.4 is 0 Å². The number of methoxy groups -OCH3 is 2. The van der Waals surface area contributed by atoms with Crippen LogP contribution in [0.1, 0.15) is 40.5 Å². The van der Waals surface area contributed by atoms with Gasteiger partial charge < -0.3 is 9.47 Å². The number of Topliss-reactive ketones (excluding diaryl/α,β-unsaturated/α-hetero) is 1. The number of ketones is 1. The van der Waals surface area contributed by atoms with Crippen molar-refractivity contribution in [2.75, 3.05) is 14.2 Å². The van der Waals surface area contributed by atoms with E-state index in [1.54, 1.807) is 0 Å². The van der Waals surface area contributed by atoms with Crippen molar-refractivity contribution < 1.29 is 23.9 Å². The molecule has 0 aliphatic heterocycles. The van der Waals surface area contributed by atoms with Crippen molar-refractivity contribution in [3.8, 4) is 0 Å². The fourth-order valence-electron chi connectivity index (χ4n) is 4.59. The third-order valence-electron chi connectivity index (χ3n) is 5.85. The first kappa shape index (κ1) is 19.4. The summed E-state index contributed by atoms with van der Waals surface area (Å²) in [4.78, 5) is 38.0. The monoisotopic (exact) mass is 348 g/mol. The molecule has 0 heterocycles. The quantitative estimate of drug-likeness (QED) is 0.338. The van der Waals surface area contributed by atoms with E-state index in [4.69, 9.17) is 9.47 Å². The van der Waals surface area contributed by atoms with Crippen molar-refractivity contribution in [2.45, 2.75) is 40.5 Å². The Labute approximate surface area is 149 Å². The van der Waals surface area contributed by atoms with Gasteiger partial charge in [0.2, 0.25) is 0 Å². The number of allylic oxidation sites excluding steroid dienone is 3. The van der Waals surface area contributed by atoms with E-state index >= 15 is 0 Å². The van der Waals surface area contributed by atoms with Crippen molar-refractivity contribution in [2.24, 2.45) is 29.1 Å². The Balaban J connectivity index is 2.56. The number of esters is 2. The normalized spacial score (nSPS) is 27.2. The standard InChI is InChI=1S/C20H28O5/c1-10(2)12(5)16-14-9-20(18(22)24-6,19(23)25-7)8-13(14)15(11(3)4)17(16)21/h10,13-14,16H,5,8-9H2,1-4,6-7H3/t13-,14+,16-/m0/s1. The zero-order valence-electron chi connectivity index (χ0n) is 16.0. The number of carbonyl (C=O) groups excluding carboxylic acids is 3. The second-order valence-electron chi connectivity index (χ2n) is 7.73. The summed E-state index contributed by atoms with van der Waals surface area (Å²) in [6.07, 6.45) is 0.515. The van der Waals surface area contributed by atoms with Crippen molar-refractivity contribution >= 4 is 17.7 Å². The van der Waals surface area contributed by atoms with Gasteiger partial charge in [-0.05, 0) is 50.0 Å². The molecule has 0 amide bonds. The van der Waals surface area contributed by atoms with E-state index in [0.29, 0.717) is 0 Å². The van der Waals surface area contributed by atoms with E-state index in [1.165, 1.54) is 14.2 Å². The first-order chi connectivity index (χ1) is 11.6. The Bertz CT molecular complexity index is 635. The molecule has 25 heavy (non-hydrogen) atoms. The van der Waals surface area contributed by atoms with Crippen LogP contribution in [-0.4, -0.2) is 31.9 Å². The molecule has 0 radical (unpaired) electrons. The van der Waals surface area contributed by atoms with E-state index in [-0.39, 0.29) is 42.3 Å². The van der Waals surface area contributed by atoms with Crippen LogP contribution in [0.5, 0.6) is 0 Å². The summed E-state index contributed by atoms with van der Waals surface area (Å²) in [5, 5.41) is 0. The lowest BCUT2D eigenvalue weighted by Gasteiger charge is -2.26. The maximum absolute atomic E-state index is 13.0. The molecular formula is C20H28O5. The number of ether oxygens (including phenoxy) is 2. The minimum Gasteiger partial charge on any atom is -0.468 e. The van der Waals surface area contributed by atoms with Gasteiger partial charge in [-0.2, -0.15) is 0 Å². The van der Waals surface area contributed by atoms with Gasteiger partial charge in [0.05, 0.1) is 14.2 Å². The Morgan fingerprint density at radius 2 is 1.64 bits per heavy atom. The average Bonchev–Trinajstić information content (AvgIpc) is 3.05. The minimum absolute atomic E-state index is 0.0945. The number of rotatable bonds is 4. The van der Waals surface area contributed by atoms with Crippen LogP contribution in [0.4, 0.5) is 0 Å². The second kappa shape index (κ2) is 6.77. The van der Waals surface area contributed by atoms with Crippen LogP contribution in [0.15, 0.2) is 23.3 Å². The molecule has 3 atom stereocenters. The molecule has 0 aromatic rings. The molecule has 5 heteroatoms. The highest BCUT2D eigenvalue weighted by molar-refractivity contribution is 6.05. The summed E-state index contributed by atoms with van der Waals surface area (Å²) < 4.78 is 9.86. The molecule has 2 rings (SSSR count). The Morgan fingerprint density at radius 3 is 2.04 bits per heavy atom. The van der Waals surface area contributed by atoms with E-state index in [1.807, 2.05) is 27.7 Å². The third-order valence-corrected chi connectivity index (χ3v) is 5.85. The van der Waals surface area contributed by atoms with E-state index in [0.717, 1.165) is 16.7 Å². The van der Waals surface area contributed by atoms with Gasteiger partial charge >= 0.3 is 11.9 Å². The van der Waals surface area contributed by atoms with E-state index in [2.05, 4.69) is 6.58 Å². The maximum atomic E-state index is 13.0. The molecule has 0 unspecified atom stereocenters. The van der Waals surface area contributed by atoms with Crippen molar-refractivity contribution in [3.63, 3.8) is 0 Å². The molecule has 138 valence electrons. The highest BCUT2D eigenvalue weighted by Crippen LogP contribution is 2.59. The number of carbonyl (C=O) groups is 3. The van der Waals surface area contributed by atoms with Crippen molar-refractivity contribution in [3.05, 3.63) is 23.3 Å². The summed E-state index contributed by atoms with van der Waals surface area (Å²) in [6.45, 7) is 12.0. The number of hydrogen-bond donors (Lipinski definition) is 0. The Morgan fingerprint density at radius 1 is 1.12 bits per heavy atom. The van der Waals surface area contributed by atoms with Gasteiger partial charge in [0, 0.05) is 5.92 Å². The van der Waals surface area contributed by atoms with Crippen LogP contribution >= 0.6 is 0 Å². The predicted molar refractivity (Wildman–Crippen MR) is 93.5 cm³/mol. The van der Waals surface area contributed by atoms with Gasteiger partial charge in [0.1, 0.15) is 0 Å². The molecular weight excluding hydrogens is 320 g/mol. The second-order valence-corrected chi connectivity index (χ2v) is 7.73. The van der Waals surface area contributed by atoms with Gasteiger partial charge in [-0.25, -0.2) is 0 Å². The first-order valence-corrected chi connectivity index (χ1v) is 8.69. The minimum atomic E-state index is -1.34. The fourth-order valence-corrected chi connectivity index (χ4v) is 4.59. The van der Waals surface area contributed by atoms with Crippen LogP contribution in [0.3, 0.4) is 0 Å². The van der Waals surface area contributed by atoms with Gasteiger partial charge in [-0.1, -0.05) is 31.6 Å². The SMILES string of the molecule is C=C(C(C)C)[C@@H]1C(=O)C(=C(C)C)[C@H]2CC(C(=O)OC)(C(=O)OC)C[C@@H]12. The first-order valence-electron chi connectivity index (χ1n) is 8.69. The molecule has 0 saturated heterocycles. The molecule has 0 spiro atoms. The smallest absolute Gasteiger partial charge is 0.323 e. The van der Waals surface area contributed by atoms with Crippen LogP contribution in [0.25, 0.3) is 0 Å². The Kier molecular flexibility index (Phi) is 5.26. The lowest BCUT2D eigenvalue weighted by molar-refractivity contribution is -0.169. The molecule has 2 saturated carbocycles. The molecule has 0 bridgehead atoms. The molecule has 0 aromatic carbocycles. The predicted octanol–water partition coefficient (Wildman–Crippen LogP) is 3.09. The summed E-state index contributed by atoms with van der Waals surface area (Å²) in [5.41, 5.74) is 1.20. The molecule has 2 aliphatic carbocycles. The third kappa shape index (κ3) is 2.83. The summed E-state index contributed by atoms with van der Waals surface area (Å²) in [5.74, 6) is -1.53. The molecule has 2 fully saturated rings. The van der Waals surface area contributed by atoms with E-state index < -0.39 is 17.4 Å². The zero-order valence-corrected chi connectivity index (χ0v) is 16.0. The topological polar surface area (TPSA) is 69.7 Å². The lowest BCUT2D eigenvalue weighted by atomic mass is 9.77. The van der Waals surface area contributed by atoms with Gasteiger partial charge in [-0.15, -0.1) is 0 Å². The van der Waals surface area contributed by atoms with E-state index in [9.17, 15) is 14.4 Å². The van der Waals surface area contributed by atoms with Crippen LogP contribution in [-0.2, 0) is 23.9 Å². The van der Waals surface area contributed by atoms with Gasteiger partial charge in [-0.3, -0.25) is 14.4 Å². The largest absolute Gasteiger partial charge is 0.468 e. The maximum Gasteiger partial charge on any atom is 0.323 e. The molecule has 0 N–H and O–H groups in total. The summed E-state index contributed by atoms with van der Waals surface area (Å²) in [7, 11) is 2.55. The number of fused-ring (bicyclic) bond motifs is 1. The van der Waals surface area contributed by atoms with Crippen LogP contribution in [0, 0.1) is 29.1 Å². The number of hydrogen-bond acceptors (Lipinski definition) is 5. The zero-order chi connectivity index (χ0) is 19.1. The van der Waals surface area contributed by atoms with Crippen LogP contribution in [0.2, 0.25) is 0 Å². The molecule has 5 nitrogen and oxygen atoms in total. The molecule has 0 aromatic heterocycles. The van der Waals surface area contributed by atoms with Crippen molar-refractivity contribution in [1.82, 2.24) is 0 Å². The Hall–Kier alpha value is -1.91. The summed E-state index contributed by atoms with van der Waals surface area (Å²) in [6, 6.07) is 0. The van der Waals surface area contributed by atoms with Gasteiger partial charge in [0.25, 0.3) is 0 Å². The highest BCUT2D eigenvalue weighted by Gasteiger charge is 2.64.